The van der Waals surface area contributed by atoms with Crippen molar-refractivity contribution in [1.82, 2.24) is 9.78 Å². The lowest BCUT2D eigenvalue weighted by Gasteiger charge is -2.50. The minimum absolute atomic E-state index is 0.309. The molecule has 1 aromatic heterocycles. The third kappa shape index (κ3) is 3.11. The first-order chi connectivity index (χ1) is 15.1. The van der Waals surface area contributed by atoms with Crippen LogP contribution in [0, 0.1) is 29.0 Å². The summed E-state index contributed by atoms with van der Waals surface area (Å²) in [4.78, 5) is 11.9. The van der Waals surface area contributed by atoms with Crippen LogP contribution in [-0.2, 0) is 11.2 Å². The lowest BCUT2D eigenvalue weighted by atomic mass is 9.54. The van der Waals surface area contributed by atoms with Gasteiger partial charge in [-0.1, -0.05) is 24.1 Å². The molecule has 1 fully saturated rings. The number of allylic oxidation sites excluding steroid dienone is 3. The van der Waals surface area contributed by atoms with Crippen molar-refractivity contribution in [3.8, 4) is 5.69 Å². The van der Waals surface area contributed by atoms with Crippen molar-refractivity contribution in [3.63, 3.8) is 0 Å². The summed E-state index contributed by atoms with van der Waals surface area (Å²) in [5, 5.41) is 14.2. The molecule has 0 unspecified atom stereocenters. The summed E-state index contributed by atoms with van der Waals surface area (Å²) >= 11 is 0. The molecule has 0 bridgehead atoms. The molecule has 0 amide bonds. The quantitative estimate of drug-likeness (QED) is 0.484. The molecule has 0 spiro atoms. The van der Waals surface area contributed by atoms with Gasteiger partial charge in [0.1, 0.15) is 5.82 Å². The van der Waals surface area contributed by atoms with Crippen LogP contribution in [0.5, 0.6) is 0 Å². The summed E-state index contributed by atoms with van der Waals surface area (Å²) in [5.41, 5.74) is 3.89. The van der Waals surface area contributed by atoms with Gasteiger partial charge in [-0.3, -0.25) is 4.79 Å². The summed E-state index contributed by atoms with van der Waals surface area (Å²) in [5.74, 6) is -5.67. The predicted molar refractivity (Wildman–Crippen MR) is 109 cm³/mol. The molecule has 5 rings (SSSR count). The molecule has 3 aliphatic rings. The first kappa shape index (κ1) is 21.0. The maximum Gasteiger partial charge on any atom is 0.392 e. The topological polar surface area (TPSA) is 55.1 Å². The predicted octanol–water partition coefficient (Wildman–Crippen LogP) is 5.58. The second-order valence-corrected chi connectivity index (χ2v) is 9.17. The molecule has 1 heterocycles. The number of alkyl halides is 3. The highest BCUT2D eigenvalue weighted by molar-refractivity contribution is 5.73. The standard InChI is InChI=1S/C24H22F4N2O2/c1-23-11-13-12-29-30(16-5-3-15(25)4-6-16)20(13)10-14(23)2-7-17-18(23)8-9-19(24(26,27)28)21(17)22(31)32/h3-6,8,10,12,17,19,21H,2,7,9,11H2,1H3,(H,31,32)/t17-,19+,21+,23-/m0/s1. The Morgan fingerprint density at radius 3 is 2.62 bits per heavy atom. The van der Waals surface area contributed by atoms with Crippen LogP contribution in [-0.4, -0.2) is 27.0 Å². The number of carbonyl (C=O) groups is 1. The number of halogens is 4. The highest BCUT2D eigenvalue weighted by Gasteiger charge is 2.56. The maximum atomic E-state index is 13.6. The summed E-state index contributed by atoms with van der Waals surface area (Å²) in [6.07, 6.45) is 1.99. The van der Waals surface area contributed by atoms with Crippen LogP contribution in [0.25, 0.3) is 11.8 Å². The van der Waals surface area contributed by atoms with Crippen molar-refractivity contribution in [3.05, 3.63) is 64.8 Å². The van der Waals surface area contributed by atoms with Gasteiger partial charge in [-0.15, -0.1) is 0 Å². The fourth-order valence-electron chi connectivity index (χ4n) is 5.91. The Kier molecular flexibility index (Phi) is 4.62. The van der Waals surface area contributed by atoms with Crippen LogP contribution in [0.4, 0.5) is 17.6 Å². The zero-order valence-corrected chi connectivity index (χ0v) is 17.4. The van der Waals surface area contributed by atoms with Crippen molar-refractivity contribution in [1.29, 1.82) is 0 Å². The van der Waals surface area contributed by atoms with Crippen LogP contribution in [0.3, 0.4) is 0 Å². The van der Waals surface area contributed by atoms with E-state index in [4.69, 9.17) is 0 Å². The summed E-state index contributed by atoms with van der Waals surface area (Å²) in [6, 6.07) is 6.02. The second kappa shape index (κ2) is 7.05. The molecule has 8 heteroatoms. The fraction of sp³-hybridized carbons (Fsp3) is 0.417. The van der Waals surface area contributed by atoms with E-state index < -0.39 is 35.3 Å². The van der Waals surface area contributed by atoms with Crippen molar-refractivity contribution < 1.29 is 27.5 Å². The van der Waals surface area contributed by atoms with E-state index in [0.29, 0.717) is 19.3 Å². The Hall–Kier alpha value is -2.90. The lowest BCUT2D eigenvalue weighted by molar-refractivity contribution is -0.202. The van der Waals surface area contributed by atoms with Crippen molar-refractivity contribution in [2.75, 3.05) is 0 Å². The molecule has 32 heavy (non-hydrogen) atoms. The van der Waals surface area contributed by atoms with Crippen molar-refractivity contribution >= 4 is 12.0 Å². The number of carboxylic acid groups (broad SMARTS) is 1. The Morgan fingerprint density at radius 2 is 1.97 bits per heavy atom. The molecule has 1 N–H and O–H groups in total. The van der Waals surface area contributed by atoms with Crippen LogP contribution < -0.4 is 0 Å². The summed E-state index contributed by atoms with van der Waals surface area (Å²) < 4.78 is 55.8. The second-order valence-electron chi connectivity index (χ2n) is 9.17. The molecule has 0 saturated heterocycles. The minimum Gasteiger partial charge on any atom is -0.481 e. The molecular formula is C24H22F4N2O2. The number of aliphatic carboxylic acids is 1. The van der Waals surface area contributed by atoms with Gasteiger partial charge >= 0.3 is 12.1 Å². The first-order valence-electron chi connectivity index (χ1n) is 10.6. The molecule has 1 saturated carbocycles. The van der Waals surface area contributed by atoms with Crippen LogP contribution in [0.15, 0.2) is 47.7 Å². The molecular weight excluding hydrogens is 424 g/mol. The highest BCUT2D eigenvalue weighted by Crippen LogP contribution is 2.58. The number of fused-ring (bicyclic) bond motifs is 4. The van der Waals surface area contributed by atoms with Gasteiger partial charge < -0.3 is 5.11 Å². The van der Waals surface area contributed by atoms with Crippen LogP contribution >= 0.6 is 0 Å². The zero-order chi connectivity index (χ0) is 22.8. The van der Waals surface area contributed by atoms with Gasteiger partial charge in [0, 0.05) is 5.41 Å². The van der Waals surface area contributed by atoms with Gasteiger partial charge in [0.25, 0.3) is 0 Å². The van der Waals surface area contributed by atoms with Gasteiger partial charge in [-0.25, -0.2) is 9.07 Å². The summed E-state index contributed by atoms with van der Waals surface area (Å²) in [7, 11) is 0. The van der Waals surface area contributed by atoms with Crippen LogP contribution in [0.1, 0.15) is 37.4 Å². The molecule has 0 aliphatic heterocycles. The molecule has 4 nitrogen and oxygen atoms in total. The van der Waals surface area contributed by atoms with Gasteiger partial charge in [0.05, 0.1) is 29.4 Å². The van der Waals surface area contributed by atoms with Gasteiger partial charge in [0.15, 0.2) is 0 Å². The van der Waals surface area contributed by atoms with Crippen molar-refractivity contribution in [2.24, 2.45) is 23.2 Å². The van der Waals surface area contributed by atoms with E-state index in [1.54, 1.807) is 29.1 Å². The Bertz CT molecular complexity index is 1150. The van der Waals surface area contributed by atoms with E-state index in [9.17, 15) is 27.5 Å². The number of aromatic nitrogens is 2. The average molecular weight is 446 g/mol. The van der Waals surface area contributed by atoms with E-state index in [2.05, 4.69) is 5.10 Å². The van der Waals surface area contributed by atoms with E-state index in [1.165, 1.54) is 12.1 Å². The minimum atomic E-state index is -4.54. The highest BCUT2D eigenvalue weighted by atomic mass is 19.4. The largest absolute Gasteiger partial charge is 0.481 e. The third-order valence-electron chi connectivity index (χ3n) is 7.45. The Morgan fingerprint density at radius 1 is 1.25 bits per heavy atom. The lowest BCUT2D eigenvalue weighted by Crippen LogP contribution is -2.47. The molecule has 1 aromatic carbocycles. The number of hydrogen-bond donors (Lipinski definition) is 1. The zero-order valence-electron chi connectivity index (χ0n) is 17.4. The average Bonchev–Trinajstić information content (AvgIpc) is 3.13. The molecule has 2 aromatic rings. The Labute approximate surface area is 182 Å². The number of nitrogens with zero attached hydrogens (tertiary/aromatic N) is 2. The first-order valence-corrected chi connectivity index (χ1v) is 10.6. The number of rotatable bonds is 2. The molecule has 4 atom stereocenters. The maximum absolute atomic E-state index is 13.6. The van der Waals surface area contributed by atoms with E-state index >= 15 is 0 Å². The fourth-order valence-corrected chi connectivity index (χ4v) is 5.91. The number of hydrogen-bond acceptors (Lipinski definition) is 2. The van der Waals surface area contributed by atoms with Crippen molar-refractivity contribution in [2.45, 2.75) is 38.8 Å². The Balaban J connectivity index is 1.55. The van der Waals surface area contributed by atoms with Crippen LogP contribution in [0.2, 0.25) is 0 Å². The van der Waals surface area contributed by atoms with E-state index in [0.717, 1.165) is 28.1 Å². The smallest absolute Gasteiger partial charge is 0.392 e. The van der Waals surface area contributed by atoms with E-state index in [1.807, 2.05) is 13.0 Å². The molecule has 0 radical (unpaired) electrons. The normalized spacial score (nSPS) is 29.3. The van der Waals surface area contributed by atoms with Gasteiger partial charge in [0.2, 0.25) is 0 Å². The monoisotopic (exact) mass is 446 g/mol. The third-order valence-corrected chi connectivity index (χ3v) is 7.45. The van der Waals surface area contributed by atoms with E-state index in [-0.39, 0.29) is 12.2 Å². The SMILES string of the molecule is C[C@]12Cc3cnn(-c4ccc(F)cc4)c3C=C1CC[C@H]1C2=CC[C@@H](C(F)(F)F)[C@@H]1C(=O)O. The molecule has 168 valence electrons. The molecule has 3 aliphatic carbocycles. The number of benzene rings is 1. The van der Waals surface area contributed by atoms with Gasteiger partial charge in [-0.05, 0) is 67.5 Å². The van der Waals surface area contributed by atoms with Gasteiger partial charge in [-0.2, -0.15) is 18.3 Å². The summed E-state index contributed by atoms with van der Waals surface area (Å²) in [6.45, 7) is 2.00. The number of carboxylic acids is 1.